The summed E-state index contributed by atoms with van der Waals surface area (Å²) in [4.78, 5) is 4.00. The molecule has 0 aliphatic carbocycles. The van der Waals surface area contributed by atoms with Gasteiger partial charge in [0.15, 0.2) is 0 Å². The Kier molecular flexibility index (Phi) is 4.24. The van der Waals surface area contributed by atoms with Crippen LogP contribution >= 0.6 is 11.8 Å². The van der Waals surface area contributed by atoms with E-state index < -0.39 is 6.01 Å². The van der Waals surface area contributed by atoms with Gasteiger partial charge in [-0.3, -0.25) is 0 Å². The highest BCUT2D eigenvalue weighted by Gasteiger charge is 2.18. The molecule has 22 heavy (non-hydrogen) atoms. The second kappa shape index (κ2) is 6.32. The van der Waals surface area contributed by atoms with Gasteiger partial charge in [-0.25, -0.2) is 4.39 Å². The number of anilines is 1. The molecule has 0 spiro atoms. The zero-order chi connectivity index (χ0) is 15.5. The quantitative estimate of drug-likeness (QED) is 0.789. The average Bonchev–Trinajstić information content (AvgIpc) is 2.98. The summed E-state index contributed by atoms with van der Waals surface area (Å²) in [6.07, 6.45) is 4.02. The Bertz CT molecular complexity index is 732. The van der Waals surface area contributed by atoms with Crippen molar-refractivity contribution in [1.29, 1.82) is 0 Å². The van der Waals surface area contributed by atoms with Crippen molar-refractivity contribution >= 4 is 34.9 Å². The molecule has 4 N–H and O–H groups in total. The number of alkyl halides is 1. The summed E-state index contributed by atoms with van der Waals surface area (Å²) >= 11 is 1.12. The van der Waals surface area contributed by atoms with Gasteiger partial charge in [-0.05, 0) is 24.1 Å². The van der Waals surface area contributed by atoms with Crippen LogP contribution in [0.2, 0.25) is 0 Å². The van der Waals surface area contributed by atoms with Crippen LogP contribution < -0.4 is 11.1 Å². The number of halogens is 1. The van der Waals surface area contributed by atoms with Crippen LogP contribution in [0.3, 0.4) is 0 Å². The first-order valence-corrected chi connectivity index (χ1v) is 8.06. The Labute approximate surface area is 133 Å². The summed E-state index contributed by atoms with van der Waals surface area (Å²) in [5.41, 5.74) is 11.1. The molecule has 0 atom stereocenters. The molecule has 0 saturated carbocycles. The van der Waals surface area contributed by atoms with Crippen molar-refractivity contribution in [2.75, 3.05) is 17.9 Å². The maximum Gasteiger partial charge on any atom is 0.139 e. The Morgan fingerprint density at radius 2 is 2.09 bits per heavy atom. The second-order valence-corrected chi connectivity index (χ2v) is 6.22. The number of rotatable bonds is 4. The van der Waals surface area contributed by atoms with E-state index in [4.69, 9.17) is 5.73 Å². The first-order valence-electron chi connectivity index (χ1n) is 7.07. The first kappa shape index (κ1) is 14.8. The molecule has 1 aliphatic heterocycles. The van der Waals surface area contributed by atoms with Crippen LogP contribution in [0.4, 0.5) is 10.2 Å². The Morgan fingerprint density at radius 3 is 2.82 bits per heavy atom. The fraction of sp³-hybridized carbons (Fsp3) is 0.176. The lowest BCUT2D eigenvalue weighted by atomic mass is 9.98. The molecule has 3 rings (SSSR count). The standard InChI is InChI=1S/C17H18FN3S/c1-11(22-10-18)16(19)15-9-21-17-14(15)7-13(8-20-17)12-5-3-2-4-6-12/h2-7,9,20-21H,8,10,19H2,1H3/b16-11-. The number of nitrogens with one attached hydrogen (secondary N) is 2. The van der Waals surface area contributed by atoms with E-state index in [1.165, 1.54) is 11.1 Å². The molecule has 0 amide bonds. The van der Waals surface area contributed by atoms with Gasteiger partial charge in [0.1, 0.15) is 11.8 Å². The summed E-state index contributed by atoms with van der Waals surface area (Å²) in [5, 5.41) is 3.37. The van der Waals surface area contributed by atoms with Crippen molar-refractivity contribution in [3.63, 3.8) is 0 Å². The van der Waals surface area contributed by atoms with Crippen molar-refractivity contribution in [1.82, 2.24) is 4.98 Å². The Balaban J connectivity index is 2.02. The molecular formula is C17H18FN3S. The predicted molar refractivity (Wildman–Crippen MR) is 93.9 cm³/mol. The highest BCUT2D eigenvalue weighted by molar-refractivity contribution is 8.03. The summed E-state index contributed by atoms with van der Waals surface area (Å²) in [6, 6.07) is 9.77. The van der Waals surface area contributed by atoms with E-state index in [0.29, 0.717) is 5.70 Å². The van der Waals surface area contributed by atoms with Crippen molar-refractivity contribution in [2.45, 2.75) is 6.92 Å². The minimum absolute atomic E-state index is 0.470. The van der Waals surface area contributed by atoms with Gasteiger partial charge in [-0.2, -0.15) is 0 Å². The largest absolute Gasteiger partial charge is 0.398 e. The van der Waals surface area contributed by atoms with Gasteiger partial charge in [0, 0.05) is 28.8 Å². The van der Waals surface area contributed by atoms with E-state index in [1.54, 1.807) is 0 Å². The van der Waals surface area contributed by atoms with Crippen molar-refractivity contribution < 1.29 is 4.39 Å². The summed E-state index contributed by atoms with van der Waals surface area (Å²) in [6.45, 7) is 2.61. The van der Waals surface area contributed by atoms with Gasteiger partial charge in [-0.1, -0.05) is 42.1 Å². The molecule has 0 bridgehead atoms. The molecule has 0 unspecified atom stereocenters. The smallest absolute Gasteiger partial charge is 0.139 e. The molecule has 2 heterocycles. The molecule has 3 nitrogen and oxygen atoms in total. The Hall–Kier alpha value is -2.14. The van der Waals surface area contributed by atoms with Crippen LogP contribution in [0, 0.1) is 0 Å². The van der Waals surface area contributed by atoms with Crippen molar-refractivity contribution in [3.8, 4) is 0 Å². The maximum atomic E-state index is 12.5. The van der Waals surface area contributed by atoms with E-state index in [9.17, 15) is 4.39 Å². The SMILES string of the molecule is C/C(SCF)=C(/N)c1c[nH]c2c1C=C(c1ccccc1)CN2. The van der Waals surface area contributed by atoms with E-state index >= 15 is 0 Å². The predicted octanol–water partition coefficient (Wildman–Crippen LogP) is 4.29. The van der Waals surface area contributed by atoms with E-state index in [1.807, 2.05) is 31.3 Å². The summed E-state index contributed by atoms with van der Waals surface area (Å²) in [5.74, 6) is 0.954. The summed E-state index contributed by atoms with van der Waals surface area (Å²) in [7, 11) is 0. The van der Waals surface area contributed by atoms with Crippen LogP contribution in [0.5, 0.6) is 0 Å². The Morgan fingerprint density at radius 1 is 1.32 bits per heavy atom. The third-order valence-corrected chi connectivity index (χ3v) is 4.54. The molecule has 1 aromatic heterocycles. The minimum Gasteiger partial charge on any atom is -0.398 e. The van der Waals surface area contributed by atoms with Crippen LogP contribution in [0.25, 0.3) is 17.3 Å². The maximum absolute atomic E-state index is 12.5. The molecule has 2 aromatic rings. The zero-order valence-corrected chi connectivity index (χ0v) is 13.1. The monoisotopic (exact) mass is 315 g/mol. The average molecular weight is 315 g/mol. The normalized spacial score (nSPS) is 14.7. The summed E-state index contributed by atoms with van der Waals surface area (Å²) < 4.78 is 12.5. The van der Waals surface area contributed by atoms with Gasteiger partial charge in [-0.15, -0.1) is 0 Å². The molecule has 114 valence electrons. The lowest BCUT2D eigenvalue weighted by Crippen LogP contribution is -2.10. The van der Waals surface area contributed by atoms with Gasteiger partial charge >= 0.3 is 0 Å². The van der Waals surface area contributed by atoms with Crippen molar-refractivity contribution in [3.05, 3.63) is 58.1 Å². The van der Waals surface area contributed by atoms with E-state index in [0.717, 1.165) is 40.2 Å². The number of fused-ring (bicyclic) bond motifs is 1. The topological polar surface area (TPSA) is 53.8 Å². The number of aromatic amines is 1. The molecule has 0 saturated heterocycles. The highest BCUT2D eigenvalue weighted by Crippen LogP contribution is 2.34. The minimum atomic E-state index is -0.470. The zero-order valence-electron chi connectivity index (χ0n) is 12.3. The fourth-order valence-corrected chi connectivity index (χ4v) is 2.98. The van der Waals surface area contributed by atoms with Gasteiger partial charge in [0.05, 0.1) is 5.70 Å². The molecule has 1 aliphatic rings. The van der Waals surface area contributed by atoms with Crippen molar-refractivity contribution in [2.24, 2.45) is 5.73 Å². The van der Waals surface area contributed by atoms with Crippen LogP contribution in [0.15, 0.2) is 41.4 Å². The first-order chi connectivity index (χ1) is 10.7. The lowest BCUT2D eigenvalue weighted by molar-refractivity contribution is 0.606. The highest BCUT2D eigenvalue weighted by atomic mass is 32.2. The number of aromatic nitrogens is 1. The molecular weight excluding hydrogens is 297 g/mol. The number of allylic oxidation sites excluding steroid dienone is 1. The van der Waals surface area contributed by atoms with Gasteiger partial charge in [0.25, 0.3) is 0 Å². The number of hydrogen-bond donors (Lipinski definition) is 3. The van der Waals surface area contributed by atoms with E-state index in [-0.39, 0.29) is 0 Å². The van der Waals surface area contributed by atoms with Gasteiger partial charge < -0.3 is 16.0 Å². The fourth-order valence-electron chi connectivity index (χ4n) is 2.55. The van der Waals surface area contributed by atoms with E-state index in [2.05, 4.69) is 28.5 Å². The lowest BCUT2D eigenvalue weighted by Gasteiger charge is -2.17. The van der Waals surface area contributed by atoms with Crippen LogP contribution in [0.1, 0.15) is 23.6 Å². The number of H-pyrrole nitrogens is 1. The number of nitrogens with two attached hydrogens (primary N) is 1. The molecule has 0 radical (unpaired) electrons. The van der Waals surface area contributed by atoms with Crippen LogP contribution in [-0.4, -0.2) is 17.5 Å². The van der Waals surface area contributed by atoms with Gasteiger partial charge in [0.2, 0.25) is 0 Å². The molecule has 1 aromatic carbocycles. The van der Waals surface area contributed by atoms with Crippen LogP contribution in [-0.2, 0) is 0 Å². The third-order valence-electron chi connectivity index (χ3n) is 3.78. The number of hydrogen-bond acceptors (Lipinski definition) is 3. The number of benzene rings is 1. The molecule has 5 heteroatoms. The molecule has 0 fully saturated rings. The third kappa shape index (κ3) is 2.76. The number of thioether (sulfide) groups is 1. The second-order valence-electron chi connectivity index (χ2n) is 5.10.